The zero-order chi connectivity index (χ0) is 33.7. The van der Waals surface area contributed by atoms with E-state index in [1.807, 2.05) is 0 Å². The van der Waals surface area contributed by atoms with Crippen LogP contribution in [0, 0.1) is 5.92 Å². The van der Waals surface area contributed by atoms with E-state index in [1.54, 1.807) is 44.2 Å². The number of likely N-dealkylation sites (tertiary alicyclic amines) is 1. The molecule has 1 saturated heterocycles. The number of hydrogen-bond acceptors (Lipinski definition) is 8. The van der Waals surface area contributed by atoms with Crippen LogP contribution in [0.15, 0.2) is 30.3 Å². The highest BCUT2D eigenvalue weighted by Gasteiger charge is 2.43. The van der Waals surface area contributed by atoms with Gasteiger partial charge in [0, 0.05) is 25.9 Å². The van der Waals surface area contributed by atoms with Gasteiger partial charge in [0.25, 0.3) is 0 Å². The highest BCUT2D eigenvalue weighted by Crippen LogP contribution is 2.22. The van der Waals surface area contributed by atoms with E-state index in [9.17, 15) is 43.5 Å². The van der Waals surface area contributed by atoms with Crippen LogP contribution >= 0.6 is 0 Å². The fourth-order valence-corrected chi connectivity index (χ4v) is 5.00. The minimum Gasteiger partial charge on any atom is -0.481 e. The summed E-state index contributed by atoms with van der Waals surface area (Å²) >= 11 is 0. The van der Waals surface area contributed by atoms with Crippen molar-refractivity contribution in [2.24, 2.45) is 5.92 Å². The Morgan fingerprint density at radius 1 is 1.00 bits per heavy atom. The number of aldehydes is 1. The fraction of sp³-hybridized carbons (Fsp3) is 0.533. The third kappa shape index (κ3) is 11.7. The lowest BCUT2D eigenvalue weighted by atomic mass is 9.97. The van der Waals surface area contributed by atoms with Crippen LogP contribution < -0.4 is 21.3 Å². The molecule has 1 aromatic rings. The molecule has 45 heavy (non-hydrogen) atoms. The third-order valence-corrected chi connectivity index (χ3v) is 7.46. The highest BCUT2D eigenvalue weighted by atomic mass is 16.4. The summed E-state index contributed by atoms with van der Waals surface area (Å²) in [5, 5.41) is 28.6. The second-order valence-electron chi connectivity index (χ2n) is 11.1. The molecule has 0 aliphatic carbocycles. The molecule has 0 radical (unpaired) electrons. The van der Waals surface area contributed by atoms with Crippen molar-refractivity contribution in [2.75, 3.05) is 6.54 Å². The van der Waals surface area contributed by atoms with Crippen molar-refractivity contribution in [1.29, 1.82) is 0 Å². The van der Waals surface area contributed by atoms with Crippen LogP contribution in [0.25, 0.3) is 0 Å². The van der Waals surface area contributed by atoms with Crippen molar-refractivity contribution in [1.82, 2.24) is 26.2 Å². The third-order valence-electron chi connectivity index (χ3n) is 7.46. The first-order valence-corrected chi connectivity index (χ1v) is 14.7. The van der Waals surface area contributed by atoms with Gasteiger partial charge < -0.3 is 41.2 Å². The summed E-state index contributed by atoms with van der Waals surface area (Å²) in [6, 6.07) is 2.96. The molecule has 1 aliphatic rings. The number of carboxylic acids is 2. The minimum absolute atomic E-state index is 0.0193. The quantitative estimate of drug-likeness (QED) is 0.119. The molecule has 6 atom stereocenters. The molecule has 0 spiro atoms. The number of nitrogens with zero attached hydrogens (tertiary/aromatic N) is 1. The van der Waals surface area contributed by atoms with Gasteiger partial charge in [-0.3, -0.25) is 33.6 Å². The average molecular weight is 632 g/mol. The van der Waals surface area contributed by atoms with Gasteiger partial charge in [0.2, 0.25) is 29.5 Å². The van der Waals surface area contributed by atoms with E-state index in [0.29, 0.717) is 6.42 Å². The summed E-state index contributed by atoms with van der Waals surface area (Å²) in [5.74, 6) is -6.21. The second-order valence-corrected chi connectivity index (χ2v) is 11.1. The van der Waals surface area contributed by atoms with Crippen LogP contribution in [0.3, 0.4) is 0 Å². The number of carboxylic acid groups (broad SMARTS) is 2. The molecule has 0 aromatic heterocycles. The van der Waals surface area contributed by atoms with E-state index in [0.717, 1.165) is 10.5 Å². The predicted octanol–water partition coefficient (Wildman–Crippen LogP) is -0.626. The lowest BCUT2D eigenvalue weighted by Gasteiger charge is -2.31. The van der Waals surface area contributed by atoms with Gasteiger partial charge in [0.1, 0.15) is 24.4 Å². The van der Waals surface area contributed by atoms with Crippen molar-refractivity contribution < 1.29 is 48.6 Å². The highest BCUT2D eigenvalue weighted by molar-refractivity contribution is 5.95. The molecular weight excluding hydrogens is 590 g/mol. The number of hydrogen-bond donors (Lipinski definition) is 6. The molecule has 6 N–H and O–H groups in total. The Labute approximate surface area is 260 Å². The molecule has 1 fully saturated rings. The van der Waals surface area contributed by atoms with Crippen molar-refractivity contribution in [3.05, 3.63) is 35.9 Å². The molecule has 1 aliphatic heterocycles. The topological polar surface area (TPSA) is 228 Å². The first kappa shape index (κ1) is 36.4. The summed E-state index contributed by atoms with van der Waals surface area (Å²) in [6.07, 6.45) is -0.899. The Kier molecular flexibility index (Phi) is 14.1. The summed E-state index contributed by atoms with van der Waals surface area (Å²) in [7, 11) is 0. The van der Waals surface area contributed by atoms with Crippen molar-refractivity contribution in [3.8, 4) is 0 Å². The van der Waals surface area contributed by atoms with Crippen LogP contribution in [0.4, 0.5) is 0 Å². The molecule has 5 amide bonds. The van der Waals surface area contributed by atoms with Crippen LogP contribution in [-0.4, -0.2) is 99.6 Å². The molecule has 2 rings (SSSR count). The number of benzene rings is 1. The Bertz CT molecular complexity index is 1260. The standard InChI is InChI=1S/C30H41N5O10/c1-4-17(2)27(31-18(3)37)29(44)34-22(10-11-25(39)40)30(45)35-15-20(32-24(38)12-19-8-6-5-7-9-19)13-23(35)28(43)33-21(16-36)14-26(41)42/h5-9,16-17,20-23,27H,4,10-15H2,1-3H3,(H,31,37)(H,32,38)(H,33,43)(H,34,44)(H,39,40)(H,41,42)/t17-,20+,21-,22-,23-,27-/m0/s1. The van der Waals surface area contributed by atoms with E-state index >= 15 is 0 Å². The van der Waals surface area contributed by atoms with Gasteiger partial charge in [-0.2, -0.15) is 0 Å². The van der Waals surface area contributed by atoms with E-state index in [2.05, 4.69) is 21.3 Å². The van der Waals surface area contributed by atoms with Gasteiger partial charge in [-0.15, -0.1) is 0 Å². The maximum Gasteiger partial charge on any atom is 0.305 e. The smallest absolute Gasteiger partial charge is 0.305 e. The number of nitrogens with one attached hydrogen (secondary N) is 4. The lowest BCUT2D eigenvalue weighted by Crippen LogP contribution is -2.58. The van der Waals surface area contributed by atoms with Crippen molar-refractivity contribution in [3.63, 3.8) is 0 Å². The lowest BCUT2D eigenvalue weighted by molar-refractivity contribution is -0.144. The maximum absolute atomic E-state index is 13.9. The first-order valence-electron chi connectivity index (χ1n) is 14.7. The predicted molar refractivity (Wildman–Crippen MR) is 158 cm³/mol. The largest absolute Gasteiger partial charge is 0.481 e. The zero-order valence-electron chi connectivity index (χ0n) is 25.5. The van der Waals surface area contributed by atoms with E-state index in [4.69, 9.17) is 5.11 Å². The molecule has 15 heteroatoms. The van der Waals surface area contributed by atoms with Crippen LogP contribution in [0.5, 0.6) is 0 Å². The van der Waals surface area contributed by atoms with Gasteiger partial charge in [-0.05, 0) is 24.3 Å². The van der Waals surface area contributed by atoms with Gasteiger partial charge in [0.05, 0.1) is 18.9 Å². The normalized spacial score (nSPS) is 18.4. The summed E-state index contributed by atoms with van der Waals surface area (Å²) < 4.78 is 0. The number of carbonyl (C=O) groups is 8. The SMILES string of the molecule is CC[C@H](C)[C@H](NC(C)=O)C(=O)N[C@@H](CCC(=O)O)C(=O)N1C[C@H](NC(=O)Cc2ccccc2)C[C@H]1C(=O)N[C@H](C=O)CC(=O)O. The summed E-state index contributed by atoms with van der Waals surface area (Å²) in [4.78, 5) is 100. The van der Waals surface area contributed by atoms with Gasteiger partial charge >= 0.3 is 11.9 Å². The molecule has 1 heterocycles. The Morgan fingerprint density at radius 3 is 2.22 bits per heavy atom. The van der Waals surface area contributed by atoms with E-state index < -0.39 is 84.5 Å². The van der Waals surface area contributed by atoms with E-state index in [-0.39, 0.29) is 38.0 Å². The zero-order valence-corrected chi connectivity index (χ0v) is 25.5. The Balaban J connectivity index is 2.36. The average Bonchev–Trinajstić information content (AvgIpc) is 3.40. The monoisotopic (exact) mass is 631 g/mol. The van der Waals surface area contributed by atoms with Crippen molar-refractivity contribution >= 4 is 47.8 Å². The molecule has 15 nitrogen and oxygen atoms in total. The maximum atomic E-state index is 13.9. The number of amides is 5. The van der Waals surface area contributed by atoms with Crippen LogP contribution in [-0.2, 0) is 44.8 Å². The fourth-order valence-electron chi connectivity index (χ4n) is 5.00. The Hall–Kier alpha value is -4.82. The van der Waals surface area contributed by atoms with Crippen LogP contribution in [0.2, 0.25) is 0 Å². The number of rotatable bonds is 17. The summed E-state index contributed by atoms with van der Waals surface area (Å²) in [6.45, 7) is 4.56. The second kappa shape index (κ2) is 17.5. The number of aliphatic carboxylic acids is 2. The van der Waals surface area contributed by atoms with E-state index in [1.165, 1.54) is 6.92 Å². The molecule has 0 saturated carbocycles. The van der Waals surface area contributed by atoms with Gasteiger partial charge in [0.15, 0.2) is 0 Å². The van der Waals surface area contributed by atoms with Crippen molar-refractivity contribution in [2.45, 2.75) is 89.5 Å². The molecule has 1 aromatic carbocycles. The molecule has 0 unspecified atom stereocenters. The first-order chi connectivity index (χ1) is 21.2. The molecular formula is C30H41N5O10. The molecule has 0 bridgehead atoms. The summed E-state index contributed by atoms with van der Waals surface area (Å²) in [5.41, 5.74) is 0.726. The molecule has 246 valence electrons. The minimum atomic E-state index is -1.43. The number of carbonyl (C=O) groups excluding carboxylic acids is 6. The van der Waals surface area contributed by atoms with Crippen LogP contribution in [0.1, 0.15) is 58.4 Å². The van der Waals surface area contributed by atoms with Gasteiger partial charge in [-0.25, -0.2) is 0 Å². The Morgan fingerprint density at radius 2 is 1.67 bits per heavy atom. The van der Waals surface area contributed by atoms with Gasteiger partial charge in [-0.1, -0.05) is 50.6 Å².